The molecule has 18 heavy (non-hydrogen) atoms. The number of alkyl halides is 1. The topological polar surface area (TPSA) is 9.23 Å². The maximum atomic E-state index is 6.03. The van der Waals surface area contributed by atoms with Crippen LogP contribution in [0.5, 0.6) is 0 Å². The van der Waals surface area contributed by atoms with E-state index in [4.69, 9.17) is 4.74 Å². The first-order valence-electron chi connectivity index (χ1n) is 7.68. The molecule has 0 amide bonds. The number of halogens is 1. The third-order valence-electron chi connectivity index (χ3n) is 5.11. The molecule has 0 aromatic rings. The normalized spacial score (nSPS) is 42.2. The fourth-order valence-corrected chi connectivity index (χ4v) is 5.58. The van der Waals surface area contributed by atoms with Crippen LogP contribution in [0.25, 0.3) is 0 Å². The largest absolute Gasteiger partial charge is 0.375 e. The highest BCUT2D eigenvalue weighted by Gasteiger charge is 2.40. The lowest BCUT2D eigenvalue weighted by atomic mass is 9.66. The van der Waals surface area contributed by atoms with E-state index >= 15 is 0 Å². The Hall–Kier alpha value is 0.440. The van der Waals surface area contributed by atoms with Crippen LogP contribution < -0.4 is 0 Å². The van der Waals surface area contributed by atoms with E-state index in [0.29, 0.717) is 22.5 Å². The average molecular weight is 317 g/mol. The van der Waals surface area contributed by atoms with E-state index in [1.165, 1.54) is 38.5 Å². The molecule has 1 aliphatic carbocycles. The fourth-order valence-electron chi connectivity index (χ4n) is 3.97. The van der Waals surface area contributed by atoms with E-state index in [9.17, 15) is 0 Å². The highest BCUT2D eigenvalue weighted by molar-refractivity contribution is 9.09. The van der Waals surface area contributed by atoms with Crippen molar-refractivity contribution in [2.24, 2.45) is 17.3 Å². The van der Waals surface area contributed by atoms with Gasteiger partial charge in [0, 0.05) is 4.83 Å². The van der Waals surface area contributed by atoms with Crippen LogP contribution in [-0.4, -0.2) is 17.0 Å². The first-order chi connectivity index (χ1) is 8.38. The van der Waals surface area contributed by atoms with Crippen LogP contribution >= 0.6 is 15.9 Å². The lowest BCUT2D eigenvalue weighted by Crippen LogP contribution is -2.37. The van der Waals surface area contributed by atoms with Crippen LogP contribution in [0.1, 0.15) is 66.2 Å². The number of rotatable bonds is 3. The summed E-state index contributed by atoms with van der Waals surface area (Å²) in [4.78, 5) is 0.704. The van der Waals surface area contributed by atoms with Crippen molar-refractivity contribution in [3.63, 3.8) is 0 Å². The molecule has 1 saturated heterocycles. The molecule has 0 aromatic heterocycles. The van der Waals surface area contributed by atoms with Crippen LogP contribution in [0.2, 0.25) is 0 Å². The Morgan fingerprint density at radius 3 is 2.39 bits per heavy atom. The van der Waals surface area contributed by atoms with E-state index in [0.717, 1.165) is 11.8 Å². The predicted octanol–water partition coefficient (Wildman–Crippen LogP) is 5.17. The lowest BCUT2D eigenvalue weighted by Gasteiger charge is -2.43. The molecule has 0 N–H and O–H groups in total. The Kier molecular flexibility index (Phi) is 4.80. The summed E-state index contributed by atoms with van der Waals surface area (Å²) in [5.41, 5.74) is 0.406. The summed E-state index contributed by atoms with van der Waals surface area (Å²) in [5, 5.41) is 0. The molecule has 1 nitrogen and oxygen atoms in total. The second-order valence-electron chi connectivity index (χ2n) is 7.38. The molecule has 0 radical (unpaired) electrons. The summed E-state index contributed by atoms with van der Waals surface area (Å²) in [6.45, 7) is 9.50. The fraction of sp³-hybridized carbons (Fsp3) is 1.00. The third kappa shape index (κ3) is 3.50. The molecule has 1 saturated carbocycles. The summed E-state index contributed by atoms with van der Waals surface area (Å²) >= 11 is 3.95. The summed E-state index contributed by atoms with van der Waals surface area (Å²) in [7, 11) is 0. The zero-order valence-electron chi connectivity index (χ0n) is 12.4. The van der Waals surface area contributed by atoms with Crippen LogP contribution in [0.3, 0.4) is 0 Å². The summed E-state index contributed by atoms with van der Waals surface area (Å²) < 4.78 is 6.03. The molecule has 1 heterocycles. The Labute approximate surface area is 121 Å². The van der Waals surface area contributed by atoms with Gasteiger partial charge in [0.1, 0.15) is 0 Å². The quantitative estimate of drug-likeness (QED) is 0.653. The second-order valence-corrected chi connectivity index (χ2v) is 8.56. The monoisotopic (exact) mass is 316 g/mol. The minimum absolute atomic E-state index is 0.406. The molecule has 2 rings (SSSR count). The van der Waals surface area contributed by atoms with Gasteiger partial charge in [-0.3, -0.25) is 0 Å². The van der Waals surface area contributed by atoms with E-state index in [2.05, 4.69) is 43.6 Å². The number of hydrogen-bond acceptors (Lipinski definition) is 1. The van der Waals surface area contributed by atoms with Gasteiger partial charge in [-0.05, 0) is 56.3 Å². The molecule has 5 unspecified atom stereocenters. The van der Waals surface area contributed by atoms with Crippen molar-refractivity contribution >= 4 is 15.9 Å². The van der Waals surface area contributed by atoms with E-state index in [1.54, 1.807) is 0 Å². The molecular formula is C16H29BrO. The van der Waals surface area contributed by atoms with Gasteiger partial charge in [0.25, 0.3) is 0 Å². The van der Waals surface area contributed by atoms with Gasteiger partial charge >= 0.3 is 0 Å². The summed E-state index contributed by atoms with van der Waals surface area (Å²) in [6.07, 6.45) is 8.87. The SMILES string of the molecule is CC1CCC(C(C)(C)CC2CCC(C)O2)C(Br)C1. The molecule has 2 aliphatic rings. The average Bonchev–Trinajstić information content (AvgIpc) is 2.62. The third-order valence-corrected chi connectivity index (χ3v) is 6.12. The smallest absolute Gasteiger partial charge is 0.0584 e. The Bertz CT molecular complexity index is 276. The van der Waals surface area contributed by atoms with Gasteiger partial charge in [0.15, 0.2) is 0 Å². The standard InChI is InChI=1S/C16H29BrO/c1-11-5-8-14(15(17)9-11)16(3,4)10-13-7-6-12(2)18-13/h11-15H,5-10H2,1-4H3. The first kappa shape index (κ1) is 14.8. The van der Waals surface area contributed by atoms with Gasteiger partial charge in [-0.25, -0.2) is 0 Å². The molecule has 0 spiro atoms. The highest BCUT2D eigenvalue weighted by Crippen LogP contribution is 2.47. The van der Waals surface area contributed by atoms with Crippen LogP contribution in [0.15, 0.2) is 0 Å². The van der Waals surface area contributed by atoms with Crippen molar-refractivity contribution in [2.75, 3.05) is 0 Å². The van der Waals surface area contributed by atoms with Crippen molar-refractivity contribution in [1.29, 1.82) is 0 Å². The molecule has 1 aliphatic heterocycles. The zero-order chi connectivity index (χ0) is 13.3. The second kappa shape index (κ2) is 5.83. The summed E-state index contributed by atoms with van der Waals surface area (Å²) in [6, 6.07) is 0. The van der Waals surface area contributed by atoms with Crippen molar-refractivity contribution in [2.45, 2.75) is 83.3 Å². The molecule has 2 heteroatoms. The van der Waals surface area contributed by atoms with Crippen LogP contribution in [-0.2, 0) is 4.74 Å². The Morgan fingerprint density at radius 1 is 1.11 bits per heavy atom. The molecule has 106 valence electrons. The molecule has 2 fully saturated rings. The van der Waals surface area contributed by atoms with Crippen molar-refractivity contribution in [3.8, 4) is 0 Å². The van der Waals surface area contributed by atoms with E-state index in [-0.39, 0.29) is 0 Å². The van der Waals surface area contributed by atoms with Crippen molar-refractivity contribution in [3.05, 3.63) is 0 Å². The van der Waals surface area contributed by atoms with Crippen LogP contribution in [0, 0.1) is 17.3 Å². The van der Waals surface area contributed by atoms with Gasteiger partial charge in [-0.1, -0.05) is 43.1 Å². The maximum absolute atomic E-state index is 6.03. The minimum Gasteiger partial charge on any atom is -0.375 e. The molecule has 0 bridgehead atoms. The number of hydrogen-bond donors (Lipinski definition) is 0. The van der Waals surface area contributed by atoms with Gasteiger partial charge in [0.05, 0.1) is 12.2 Å². The minimum atomic E-state index is 0.406. The molecule has 0 aromatic carbocycles. The molecule has 5 atom stereocenters. The highest BCUT2D eigenvalue weighted by atomic mass is 79.9. The maximum Gasteiger partial charge on any atom is 0.0584 e. The van der Waals surface area contributed by atoms with Crippen LogP contribution in [0.4, 0.5) is 0 Å². The van der Waals surface area contributed by atoms with Crippen molar-refractivity contribution < 1.29 is 4.74 Å². The van der Waals surface area contributed by atoms with Crippen molar-refractivity contribution in [1.82, 2.24) is 0 Å². The zero-order valence-corrected chi connectivity index (χ0v) is 14.0. The van der Waals surface area contributed by atoms with Gasteiger partial charge in [-0.15, -0.1) is 0 Å². The Balaban J connectivity index is 1.93. The van der Waals surface area contributed by atoms with Gasteiger partial charge < -0.3 is 4.74 Å². The molecular weight excluding hydrogens is 288 g/mol. The first-order valence-corrected chi connectivity index (χ1v) is 8.59. The van der Waals surface area contributed by atoms with Gasteiger partial charge in [0.2, 0.25) is 0 Å². The Morgan fingerprint density at radius 2 is 1.83 bits per heavy atom. The van der Waals surface area contributed by atoms with Gasteiger partial charge in [-0.2, -0.15) is 0 Å². The summed E-state index contributed by atoms with van der Waals surface area (Å²) in [5.74, 6) is 1.71. The lowest BCUT2D eigenvalue weighted by molar-refractivity contribution is 0.00866. The van der Waals surface area contributed by atoms with E-state index < -0.39 is 0 Å². The van der Waals surface area contributed by atoms with E-state index in [1.807, 2.05) is 0 Å². The predicted molar refractivity (Wildman–Crippen MR) is 81.2 cm³/mol. The number of ether oxygens (including phenoxy) is 1.